The number of nitrogens with zero attached hydrogens (tertiary/aromatic N) is 3. The minimum absolute atomic E-state index is 0.0324. The lowest BCUT2D eigenvalue weighted by atomic mass is 9.87. The number of benzene rings is 2. The fourth-order valence-electron chi connectivity index (χ4n) is 3.28. The molecule has 0 aliphatic carbocycles. The SMILES string of the molecule is CC(C)(C)c1ccc(/C=N/N=C2\S/C(=C\c3cc(Cl)ccc3O)C(=O)N2Cc2ccco2)cc1. The molecule has 0 radical (unpaired) electrons. The van der Waals surface area contributed by atoms with Gasteiger partial charge in [-0.15, -0.1) is 5.10 Å². The lowest BCUT2D eigenvalue weighted by molar-refractivity contribution is -0.122. The summed E-state index contributed by atoms with van der Waals surface area (Å²) >= 11 is 7.23. The topological polar surface area (TPSA) is 78.4 Å². The maximum absolute atomic E-state index is 13.2. The monoisotopic (exact) mass is 493 g/mol. The first kappa shape index (κ1) is 23.9. The molecule has 1 aromatic heterocycles. The van der Waals surface area contributed by atoms with Crippen LogP contribution in [0.1, 0.15) is 43.2 Å². The molecule has 1 saturated heterocycles. The zero-order chi connectivity index (χ0) is 24.3. The number of phenols is 1. The third-order valence-corrected chi connectivity index (χ3v) is 6.42. The van der Waals surface area contributed by atoms with Crippen LogP contribution >= 0.6 is 23.4 Å². The maximum atomic E-state index is 13.2. The van der Waals surface area contributed by atoms with Crippen LogP contribution in [0.4, 0.5) is 0 Å². The van der Waals surface area contributed by atoms with Gasteiger partial charge in [0, 0.05) is 10.6 Å². The highest BCUT2D eigenvalue weighted by Gasteiger charge is 2.34. The van der Waals surface area contributed by atoms with Gasteiger partial charge < -0.3 is 9.52 Å². The van der Waals surface area contributed by atoms with Crippen molar-refractivity contribution in [3.05, 3.63) is 93.2 Å². The van der Waals surface area contributed by atoms with E-state index in [0.717, 1.165) is 5.56 Å². The highest BCUT2D eigenvalue weighted by molar-refractivity contribution is 8.18. The summed E-state index contributed by atoms with van der Waals surface area (Å²) in [5.41, 5.74) is 2.66. The maximum Gasteiger partial charge on any atom is 0.267 e. The lowest BCUT2D eigenvalue weighted by Crippen LogP contribution is -2.28. The van der Waals surface area contributed by atoms with Crippen LogP contribution in [0.25, 0.3) is 6.08 Å². The molecule has 174 valence electrons. The molecule has 1 aliphatic rings. The number of thioether (sulfide) groups is 1. The average Bonchev–Trinajstić information content (AvgIpc) is 3.40. The van der Waals surface area contributed by atoms with Crippen molar-refractivity contribution < 1.29 is 14.3 Å². The second-order valence-corrected chi connectivity index (χ2v) is 10.2. The molecular weight excluding hydrogens is 470 g/mol. The number of halogens is 1. The van der Waals surface area contributed by atoms with Crippen molar-refractivity contribution >= 4 is 46.7 Å². The Morgan fingerprint density at radius 3 is 2.59 bits per heavy atom. The van der Waals surface area contributed by atoms with Gasteiger partial charge in [-0.1, -0.05) is 56.6 Å². The first-order valence-electron chi connectivity index (χ1n) is 10.6. The van der Waals surface area contributed by atoms with Crippen molar-refractivity contribution in [2.45, 2.75) is 32.7 Å². The van der Waals surface area contributed by atoms with Crippen LogP contribution in [0, 0.1) is 0 Å². The molecule has 1 N–H and O–H groups in total. The Morgan fingerprint density at radius 2 is 1.91 bits per heavy atom. The molecule has 2 aromatic carbocycles. The smallest absolute Gasteiger partial charge is 0.267 e. The Morgan fingerprint density at radius 1 is 1.15 bits per heavy atom. The predicted molar refractivity (Wildman–Crippen MR) is 138 cm³/mol. The lowest BCUT2D eigenvalue weighted by Gasteiger charge is -2.18. The molecule has 1 amide bonds. The zero-order valence-electron chi connectivity index (χ0n) is 19.0. The van der Waals surface area contributed by atoms with Crippen LogP contribution in [0.5, 0.6) is 5.75 Å². The number of furan rings is 1. The van der Waals surface area contributed by atoms with Gasteiger partial charge in [0.15, 0.2) is 5.17 Å². The fraction of sp³-hybridized carbons (Fsp3) is 0.192. The quantitative estimate of drug-likeness (QED) is 0.252. The van der Waals surface area contributed by atoms with Gasteiger partial charge >= 0.3 is 0 Å². The van der Waals surface area contributed by atoms with Gasteiger partial charge in [-0.3, -0.25) is 9.69 Å². The van der Waals surface area contributed by atoms with Gasteiger partial charge in [0.05, 0.1) is 23.9 Å². The van der Waals surface area contributed by atoms with Gasteiger partial charge in [-0.25, -0.2) is 0 Å². The molecule has 8 heteroatoms. The summed E-state index contributed by atoms with van der Waals surface area (Å²) < 4.78 is 5.42. The normalized spacial score (nSPS) is 16.9. The van der Waals surface area contributed by atoms with E-state index in [-0.39, 0.29) is 23.6 Å². The molecule has 6 nitrogen and oxygen atoms in total. The van der Waals surface area contributed by atoms with E-state index >= 15 is 0 Å². The molecule has 2 heterocycles. The second kappa shape index (κ2) is 9.91. The third-order valence-electron chi connectivity index (χ3n) is 5.19. The van der Waals surface area contributed by atoms with Crippen LogP contribution < -0.4 is 0 Å². The molecule has 0 saturated carbocycles. The van der Waals surface area contributed by atoms with E-state index in [1.165, 1.54) is 28.3 Å². The van der Waals surface area contributed by atoms with E-state index < -0.39 is 0 Å². The van der Waals surface area contributed by atoms with Gasteiger partial charge in [0.1, 0.15) is 11.5 Å². The number of hydrogen-bond donors (Lipinski definition) is 1. The number of hydrogen-bond acceptors (Lipinski definition) is 6. The highest BCUT2D eigenvalue weighted by atomic mass is 35.5. The van der Waals surface area contributed by atoms with Gasteiger partial charge in [-0.2, -0.15) is 5.10 Å². The van der Waals surface area contributed by atoms with Crippen molar-refractivity contribution in [2.75, 3.05) is 0 Å². The number of carbonyl (C=O) groups is 1. The molecule has 1 aliphatic heterocycles. The third kappa shape index (κ3) is 5.61. The Bertz CT molecular complexity index is 1270. The fourth-order valence-corrected chi connectivity index (χ4v) is 4.38. The summed E-state index contributed by atoms with van der Waals surface area (Å²) in [5, 5.41) is 19.6. The van der Waals surface area contributed by atoms with Crippen molar-refractivity contribution in [2.24, 2.45) is 10.2 Å². The summed E-state index contributed by atoms with van der Waals surface area (Å²) in [6.07, 6.45) is 4.81. The first-order valence-corrected chi connectivity index (χ1v) is 11.8. The second-order valence-electron chi connectivity index (χ2n) is 8.78. The molecule has 0 unspecified atom stereocenters. The van der Waals surface area contributed by atoms with Gasteiger partial charge in [0.2, 0.25) is 0 Å². The van der Waals surface area contributed by atoms with Gasteiger partial charge in [-0.05, 0) is 64.7 Å². The van der Waals surface area contributed by atoms with Crippen molar-refractivity contribution in [1.82, 2.24) is 4.90 Å². The number of rotatable bonds is 5. The van der Waals surface area contributed by atoms with E-state index in [9.17, 15) is 9.90 Å². The molecule has 0 spiro atoms. The van der Waals surface area contributed by atoms with Crippen molar-refractivity contribution in [1.29, 1.82) is 0 Å². The number of phenolic OH excluding ortho intramolecular Hbond substituents is 1. The zero-order valence-corrected chi connectivity index (χ0v) is 20.6. The van der Waals surface area contributed by atoms with Crippen LogP contribution in [0.15, 0.2) is 80.4 Å². The standard InChI is InChI=1S/C26H24ClN3O3S/c1-26(2,3)19-8-6-17(7-9-19)15-28-29-25-30(16-21-5-4-12-33-21)24(32)23(34-25)14-18-13-20(27)10-11-22(18)31/h4-15,31H,16H2,1-3H3/b23-14-,28-15+,29-25-. The minimum atomic E-state index is -0.260. The Labute approximate surface area is 207 Å². The van der Waals surface area contributed by atoms with E-state index in [1.807, 2.05) is 12.1 Å². The van der Waals surface area contributed by atoms with Crippen molar-refractivity contribution in [3.63, 3.8) is 0 Å². The summed E-state index contributed by atoms with van der Waals surface area (Å²) in [5.74, 6) is 0.393. The molecular formula is C26H24ClN3O3S. The van der Waals surface area contributed by atoms with Crippen LogP contribution in [-0.4, -0.2) is 27.3 Å². The Hall–Kier alpha value is -3.29. The average molecular weight is 494 g/mol. The molecule has 4 rings (SSSR count). The molecule has 1 fully saturated rings. The van der Waals surface area contributed by atoms with Crippen LogP contribution in [-0.2, 0) is 16.8 Å². The molecule has 34 heavy (non-hydrogen) atoms. The van der Waals surface area contributed by atoms with Crippen LogP contribution in [0.2, 0.25) is 5.02 Å². The molecule has 0 atom stereocenters. The summed E-state index contributed by atoms with van der Waals surface area (Å²) in [7, 11) is 0. The van der Waals surface area contributed by atoms with E-state index in [0.29, 0.717) is 26.4 Å². The number of amides is 1. The van der Waals surface area contributed by atoms with E-state index in [4.69, 9.17) is 16.0 Å². The minimum Gasteiger partial charge on any atom is -0.507 e. The highest BCUT2D eigenvalue weighted by Crippen LogP contribution is 2.35. The predicted octanol–water partition coefficient (Wildman–Crippen LogP) is 6.44. The van der Waals surface area contributed by atoms with E-state index in [2.05, 4.69) is 43.1 Å². The van der Waals surface area contributed by atoms with Crippen molar-refractivity contribution in [3.8, 4) is 5.75 Å². The molecule has 3 aromatic rings. The Balaban J connectivity index is 1.61. The number of carbonyl (C=O) groups excluding carboxylic acids is 1. The van der Waals surface area contributed by atoms with Gasteiger partial charge in [0.25, 0.3) is 5.91 Å². The molecule has 0 bridgehead atoms. The summed E-state index contributed by atoms with van der Waals surface area (Å²) in [6.45, 7) is 6.71. The summed E-state index contributed by atoms with van der Waals surface area (Å²) in [4.78, 5) is 15.0. The number of amidine groups is 1. The first-order chi connectivity index (χ1) is 16.2. The largest absolute Gasteiger partial charge is 0.507 e. The number of aromatic hydroxyl groups is 1. The van der Waals surface area contributed by atoms with E-state index in [1.54, 1.807) is 42.8 Å². The van der Waals surface area contributed by atoms with Crippen LogP contribution in [0.3, 0.4) is 0 Å². The summed E-state index contributed by atoms with van der Waals surface area (Å²) in [6, 6.07) is 16.4. The Kier molecular flexibility index (Phi) is 6.95.